The summed E-state index contributed by atoms with van der Waals surface area (Å²) in [5.74, 6) is -1.18. The van der Waals surface area contributed by atoms with Crippen LogP contribution in [0, 0.1) is 0 Å². The Morgan fingerprint density at radius 3 is 2.71 bits per heavy atom. The highest BCUT2D eigenvalue weighted by atomic mass is 16.4. The van der Waals surface area contributed by atoms with Gasteiger partial charge in [-0.1, -0.05) is 0 Å². The Labute approximate surface area is 80.7 Å². The van der Waals surface area contributed by atoms with Gasteiger partial charge in [-0.2, -0.15) is 5.10 Å². The lowest BCUT2D eigenvalue weighted by Crippen LogP contribution is -2.21. The molecule has 0 aliphatic rings. The number of carboxylic acids is 1. The Morgan fingerprint density at radius 2 is 2.21 bits per heavy atom. The van der Waals surface area contributed by atoms with E-state index >= 15 is 0 Å². The minimum atomic E-state index is -0.989. The quantitative estimate of drug-likeness (QED) is 0.719. The van der Waals surface area contributed by atoms with Crippen molar-refractivity contribution in [2.75, 3.05) is 14.1 Å². The van der Waals surface area contributed by atoms with E-state index in [9.17, 15) is 9.59 Å². The second kappa shape index (κ2) is 3.91. The van der Waals surface area contributed by atoms with Crippen LogP contribution in [-0.2, 0) is 11.3 Å². The number of aliphatic carboxylic acids is 1. The summed E-state index contributed by atoms with van der Waals surface area (Å²) in [5.41, 5.74) is 0.385. The van der Waals surface area contributed by atoms with Gasteiger partial charge in [-0.25, -0.2) is 0 Å². The number of nitrogens with zero attached hydrogens (tertiary/aromatic N) is 3. The molecule has 1 amide bonds. The predicted octanol–water partition coefficient (Wildman–Crippen LogP) is -0.331. The lowest BCUT2D eigenvalue weighted by atomic mass is 10.3. The number of rotatable bonds is 3. The van der Waals surface area contributed by atoms with Crippen LogP contribution in [0.3, 0.4) is 0 Å². The van der Waals surface area contributed by atoms with Gasteiger partial charge in [0, 0.05) is 20.3 Å². The highest BCUT2D eigenvalue weighted by Gasteiger charge is 2.11. The van der Waals surface area contributed by atoms with Gasteiger partial charge in [0.25, 0.3) is 5.91 Å². The third-order valence-corrected chi connectivity index (χ3v) is 1.58. The molecule has 0 atom stereocenters. The number of hydrogen-bond donors (Lipinski definition) is 1. The molecule has 1 heterocycles. The second-order valence-corrected chi connectivity index (χ2v) is 3.02. The maximum absolute atomic E-state index is 11.4. The fraction of sp³-hybridized carbons (Fsp3) is 0.375. The van der Waals surface area contributed by atoms with E-state index in [1.54, 1.807) is 14.1 Å². The summed E-state index contributed by atoms with van der Waals surface area (Å²) in [6, 6.07) is 0. The summed E-state index contributed by atoms with van der Waals surface area (Å²) in [4.78, 5) is 23.1. The van der Waals surface area contributed by atoms with Crippen LogP contribution in [0.4, 0.5) is 0 Å². The standard InChI is InChI=1S/C8H11N3O3/c1-10(2)8(14)6-3-9-11(4-6)5-7(12)13/h3-4H,5H2,1-2H3,(H,12,13). The minimum absolute atomic E-state index is 0.193. The van der Waals surface area contributed by atoms with Gasteiger partial charge < -0.3 is 10.0 Å². The smallest absolute Gasteiger partial charge is 0.325 e. The molecule has 1 aromatic rings. The van der Waals surface area contributed by atoms with Crippen molar-refractivity contribution < 1.29 is 14.7 Å². The monoisotopic (exact) mass is 197 g/mol. The molecule has 76 valence electrons. The van der Waals surface area contributed by atoms with Crippen molar-refractivity contribution in [2.45, 2.75) is 6.54 Å². The Morgan fingerprint density at radius 1 is 1.57 bits per heavy atom. The van der Waals surface area contributed by atoms with Crippen molar-refractivity contribution >= 4 is 11.9 Å². The van der Waals surface area contributed by atoms with E-state index in [4.69, 9.17) is 5.11 Å². The molecule has 1 rings (SSSR count). The summed E-state index contributed by atoms with van der Waals surface area (Å²) in [5, 5.41) is 12.2. The zero-order chi connectivity index (χ0) is 10.7. The van der Waals surface area contributed by atoms with E-state index in [0.717, 1.165) is 0 Å². The fourth-order valence-corrected chi connectivity index (χ4v) is 0.957. The van der Waals surface area contributed by atoms with Crippen molar-refractivity contribution in [3.8, 4) is 0 Å². The number of carboxylic acid groups (broad SMARTS) is 1. The topological polar surface area (TPSA) is 75.4 Å². The van der Waals surface area contributed by atoms with Crippen LogP contribution in [0.15, 0.2) is 12.4 Å². The van der Waals surface area contributed by atoms with Gasteiger partial charge in [0.15, 0.2) is 0 Å². The normalized spacial score (nSPS) is 9.86. The third-order valence-electron chi connectivity index (χ3n) is 1.58. The second-order valence-electron chi connectivity index (χ2n) is 3.02. The van der Waals surface area contributed by atoms with E-state index < -0.39 is 5.97 Å². The molecule has 14 heavy (non-hydrogen) atoms. The molecule has 0 aliphatic carbocycles. The van der Waals surface area contributed by atoms with Crippen molar-refractivity contribution in [1.82, 2.24) is 14.7 Å². The minimum Gasteiger partial charge on any atom is -0.480 e. The van der Waals surface area contributed by atoms with E-state index in [1.165, 1.54) is 22.0 Å². The lowest BCUT2D eigenvalue weighted by Gasteiger charge is -2.06. The summed E-state index contributed by atoms with van der Waals surface area (Å²) >= 11 is 0. The van der Waals surface area contributed by atoms with E-state index in [2.05, 4.69) is 5.10 Å². The van der Waals surface area contributed by atoms with Crippen LogP contribution in [0.5, 0.6) is 0 Å². The van der Waals surface area contributed by atoms with Crippen LogP contribution in [-0.4, -0.2) is 45.8 Å². The molecule has 0 saturated heterocycles. The average molecular weight is 197 g/mol. The first kappa shape index (κ1) is 10.2. The molecule has 0 fully saturated rings. The van der Waals surface area contributed by atoms with Gasteiger partial charge in [0.2, 0.25) is 0 Å². The molecule has 0 saturated carbocycles. The number of aromatic nitrogens is 2. The number of carbonyl (C=O) groups excluding carboxylic acids is 1. The van der Waals surface area contributed by atoms with Gasteiger partial charge in [-0.3, -0.25) is 14.3 Å². The lowest BCUT2D eigenvalue weighted by molar-refractivity contribution is -0.137. The highest BCUT2D eigenvalue weighted by Crippen LogP contribution is 2.00. The molecule has 6 nitrogen and oxygen atoms in total. The molecule has 0 aliphatic heterocycles. The predicted molar refractivity (Wildman–Crippen MR) is 47.9 cm³/mol. The summed E-state index contributed by atoms with van der Waals surface area (Å²) in [7, 11) is 3.24. The summed E-state index contributed by atoms with van der Waals surface area (Å²) < 4.78 is 1.21. The van der Waals surface area contributed by atoms with E-state index in [0.29, 0.717) is 5.56 Å². The molecular weight excluding hydrogens is 186 g/mol. The van der Waals surface area contributed by atoms with Crippen LogP contribution >= 0.6 is 0 Å². The van der Waals surface area contributed by atoms with Gasteiger partial charge in [0.05, 0.1) is 11.8 Å². The average Bonchev–Trinajstić information content (AvgIpc) is 2.50. The number of hydrogen-bond acceptors (Lipinski definition) is 3. The van der Waals surface area contributed by atoms with Crippen molar-refractivity contribution in [1.29, 1.82) is 0 Å². The summed E-state index contributed by atoms with van der Waals surface area (Å²) in [6.45, 7) is -0.235. The molecule has 0 spiro atoms. The van der Waals surface area contributed by atoms with Gasteiger partial charge in [0.1, 0.15) is 6.54 Å². The molecule has 1 aromatic heterocycles. The Hall–Kier alpha value is -1.85. The van der Waals surface area contributed by atoms with Crippen LogP contribution in [0.1, 0.15) is 10.4 Å². The molecule has 0 radical (unpaired) electrons. The number of carbonyl (C=O) groups is 2. The van der Waals surface area contributed by atoms with Crippen molar-refractivity contribution in [2.24, 2.45) is 0 Å². The Bertz CT molecular complexity index is 356. The maximum Gasteiger partial charge on any atom is 0.325 e. The first-order valence-electron chi connectivity index (χ1n) is 3.96. The SMILES string of the molecule is CN(C)C(=O)c1cnn(CC(=O)O)c1. The molecule has 6 heteroatoms. The first-order chi connectivity index (χ1) is 6.50. The first-order valence-corrected chi connectivity index (χ1v) is 3.96. The van der Waals surface area contributed by atoms with Crippen LogP contribution in [0.2, 0.25) is 0 Å². The maximum atomic E-state index is 11.4. The van der Waals surface area contributed by atoms with Crippen molar-refractivity contribution in [3.63, 3.8) is 0 Å². The van der Waals surface area contributed by atoms with Crippen LogP contribution < -0.4 is 0 Å². The summed E-state index contributed by atoms with van der Waals surface area (Å²) in [6.07, 6.45) is 2.77. The third kappa shape index (κ3) is 2.32. The van der Waals surface area contributed by atoms with Gasteiger partial charge in [-0.05, 0) is 0 Å². The van der Waals surface area contributed by atoms with Crippen molar-refractivity contribution in [3.05, 3.63) is 18.0 Å². The highest BCUT2D eigenvalue weighted by molar-refractivity contribution is 5.93. The van der Waals surface area contributed by atoms with E-state index in [-0.39, 0.29) is 12.5 Å². The fourth-order valence-electron chi connectivity index (χ4n) is 0.957. The molecule has 0 aromatic carbocycles. The van der Waals surface area contributed by atoms with E-state index in [1.807, 2.05) is 0 Å². The largest absolute Gasteiger partial charge is 0.480 e. The van der Waals surface area contributed by atoms with Gasteiger partial charge in [-0.15, -0.1) is 0 Å². The zero-order valence-corrected chi connectivity index (χ0v) is 7.97. The Balaban J connectivity index is 2.77. The zero-order valence-electron chi connectivity index (χ0n) is 7.97. The molecule has 1 N–H and O–H groups in total. The Kier molecular flexibility index (Phi) is 2.85. The van der Waals surface area contributed by atoms with Crippen LogP contribution in [0.25, 0.3) is 0 Å². The number of amides is 1. The molecular formula is C8H11N3O3. The molecule has 0 bridgehead atoms. The van der Waals surface area contributed by atoms with Gasteiger partial charge >= 0.3 is 5.97 Å². The molecule has 0 unspecified atom stereocenters.